The zero-order valence-corrected chi connectivity index (χ0v) is 22.0. The van der Waals surface area contributed by atoms with Gasteiger partial charge in [-0.25, -0.2) is 0 Å². The number of fused-ring (bicyclic) bond motifs is 1. The standard InChI is InChI=1S/C34H39N/c1-26-16-10-11-21-29(26)33(3,4)27(2)17-14-24-32-34(5,6)30-22-12-13-23-31(30)35(32)25-15-20-28-18-8-7-9-19-28/h7-14,16-19,21-24H,2,15,20,25H2,1,3-6H3/b17-14+,32-24+. The Labute approximate surface area is 212 Å². The van der Waals surface area contributed by atoms with Crippen molar-refractivity contribution in [3.63, 3.8) is 0 Å². The van der Waals surface area contributed by atoms with E-state index in [1.165, 1.54) is 33.6 Å². The number of benzene rings is 3. The summed E-state index contributed by atoms with van der Waals surface area (Å²) in [5.41, 5.74) is 9.09. The van der Waals surface area contributed by atoms with Gasteiger partial charge in [-0.3, -0.25) is 0 Å². The number of para-hydroxylation sites is 1. The summed E-state index contributed by atoms with van der Waals surface area (Å²) in [5.74, 6) is 0. The highest BCUT2D eigenvalue weighted by molar-refractivity contribution is 5.70. The van der Waals surface area contributed by atoms with Gasteiger partial charge in [0.25, 0.3) is 0 Å². The van der Waals surface area contributed by atoms with Gasteiger partial charge < -0.3 is 4.90 Å². The lowest BCUT2D eigenvalue weighted by atomic mass is 9.76. The zero-order valence-electron chi connectivity index (χ0n) is 22.0. The summed E-state index contributed by atoms with van der Waals surface area (Å²) in [5, 5.41) is 0. The topological polar surface area (TPSA) is 3.24 Å². The molecule has 0 radical (unpaired) electrons. The molecule has 0 saturated heterocycles. The van der Waals surface area contributed by atoms with E-state index < -0.39 is 0 Å². The molecule has 3 aromatic rings. The van der Waals surface area contributed by atoms with Gasteiger partial charge in [-0.15, -0.1) is 0 Å². The average Bonchev–Trinajstić information content (AvgIpc) is 3.06. The van der Waals surface area contributed by atoms with Crippen LogP contribution in [0.2, 0.25) is 0 Å². The van der Waals surface area contributed by atoms with Crippen LogP contribution in [0.1, 0.15) is 56.4 Å². The quantitative estimate of drug-likeness (QED) is 0.303. The van der Waals surface area contributed by atoms with Crippen LogP contribution in [0.3, 0.4) is 0 Å². The van der Waals surface area contributed by atoms with Gasteiger partial charge in [0.1, 0.15) is 0 Å². The molecule has 0 unspecified atom stereocenters. The molecule has 1 heteroatoms. The van der Waals surface area contributed by atoms with E-state index in [4.69, 9.17) is 0 Å². The molecule has 1 aliphatic rings. The van der Waals surface area contributed by atoms with Crippen LogP contribution in [0.15, 0.2) is 115 Å². The molecule has 0 aliphatic carbocycles. The van der Waals surface area contributed by atoms with Crippen molar-refractivity contribution in [2.45, 2.75) is 58.3 Å². The molecule has 0 spiro atoms. The van der Waals surface area contributed by atoms with Gasteiger partial charge in [-0.05, 0) is 59.7 Å². The van der Waals surface area contributed by atoms with E-state index in [9.17, 15) is 0 Å². The molecule has 0 atom stereocenters. The van der Waals surface area contributed by atoms with Crippen LogP contribution in [-0.4, -0.2) is 6.54 Å². The highest BCUT2D eigenvalue weighted by Gasteiger charge is 2.39. The number of hydrogen-bond donors (Lipinski definition) is 0. The van der Waals surface area contributed by atoms with Crippen molar-refractivity contribution in [2.75, 3.05) is 11.4 Å². The Morgan fingerprint density at radius 3 is 2.31 bits per heavy atom. The third-order valence-corrected chi connectivity index (χ3v) is 7.66. The van der Waals surface area contributed by atoms with Crippen molar-refractivity contribution in [1.82, 2.24) is 0 Å². The number of aryl methyl sites for hydroxylation is 2. The van der Waals surface area contributed by atoms with Crippen molar-refractivity contribution >= 4 is 5.69 Å². The van der Waals surface area contributed by atoms with E-state index >= 15 is 0 Å². The number of rotatable bonds is 8. The summed E-state index contributed by atoms with van der Waals surface area (Å²) in [4.78, 5) is 2.53. The molecule has 3 aromatic carbocycles. The fraction of sp³-hybridized carbons (Fsp3) is 0.294. The largest absolute Gasteiger partial charge is 0.344 e. The molecule has 0 saturated carbocycles. The van der Waals surface area contributed by atoms with Crippen molar-refractivity contribution < 1.29 is 0 Å². The molecule has 0 amide bonds. The van der Waals surface area contributed by atoms with Crippen molar-refractivity contribution in [3.8, 4) is 0 Å². The number of hydrogen-bond acceptors (Lipinski definition) is 1. The minimum atomic E-state index is -0.121. The Morgan fingerprint density at radius 1 is 0.914 bits per heavy atom. The maximum atomic E-state index is 4.46. The fourth-order valence-electron chi connectivity index (χ4n) is 5.38. The van der Waals surface area contributed by atoms with Gasteiger partial charge >= 0.3 is 0 Å². The molecule has 180 valence electrons. The first-order valence-corrected chi connectivity index (χ1v) is 12.8. The first-order chi connectivity index (χ1) is 16.7. The predicted molar refractivity (Wildman–Crippen MR) is 152 cm³/mol. The highest BCUT2D eigenvalue weighted by atomic mass is 15.2. The van der Waals surface area contributed by atoms with E-state index in [1.54, 1.807) is 0 Å². The minimum Gasteiger partial charge on any atom is -0.344 e. The molecule has 0 aromatic heterocycles. The van der Waals surface area contributed by atoms with Gasteiger partial charge in [0.05, 0.1) is 0 Å². The van der Waals surface area contributed by atoms with Crippen molar-refractivity contribution in [2.24, 2.45) is 0 Å². The van der Waals surface area contributed by atoms with Gasteiger partial charge in [0.15, 0.2) is 0 Å². The SMILES string of the molecule is C=C(/C=C/C=C1/N(CCCc2ccccc2)c2ccccc2C1(C)C)C(C)(C)c1ccccc1C. The van der Waals surface area contributed by atoms with Crippen LogP contribution in [-0.2, 0) is 17.3 Å². The lowest BCUT2D eigenvalue weighted by molar-refractivity contribution is 0.625. The second-order valence-corrected chi connectivity index (χ2v) is 10.8. The van der Waals surface area contributed by atoms with Gasteiger partial charge in [-0.1, -0.05) is 119 Å². The second kappa shape index (κ2) is 10.1. The van der Waals surface area contributed by atoms with E-state index in [2.05, 4.69) is 143 Å². The predicted octanol–water partition coefficient (Wildman–Crippen LogP) is 8.70. The lowest BCUT2D eigenvalue weighted by Gasteiger charge is -2.28. The average molecular weight is 462 g/mol. The summed E-state index contributed by atoms with van der Waals surface area (Å²) < 4.78 is 0. The monoisotopic (exact) mass is 461 g/mol. The van der Waals surface area contributed by atoms with E-state index in [1.807, 2.05) is 0 Å². The first kappa shape index (κ1) is 24.8. The Hall–Kier alpha value is -3.32. The first-order valence-electron chi connectivity index (χ1n) is 12.8. The van der Waals surface area contributed by atoms with E-state index in [0.29, 0.717) is 0 Å². The molecule has 35 heavy (non-hydrogen) atoms. The zero-order chi connectivity index (χ0) is 25.1. The van der Waals surface area contributed by atoms with Gasteiger partial charge in [-0.2, -0.15) is 0 Å². The van der Waals surface area contributed by atoms with Crippen LogP contribution in [0.5, 0.6) is 0 Å². The number of allylic oxidation sites excluding steroid dienone is 5. The van der Waals surface area contributed by atoms with Crippen LogP contribution in [0, 0.1) is 6.92 Å². The van der Waals surface area contributed by atoms with E-state index in [0.717, 1.165) is 25.0 Å². The Kier molecular flexibility index (Phi) is 7.17. The lowest BCUT2D eigenvalue weighted by Crippen LogP contribution is -2.27. The molecular weight excluding hydrogens is 422 g/mol. The summed E-state index contributed by atoms with van der Waals surface area (Å²) >= 11 is 0. The summed E-state index contributed by atoms with van der Waals surface area (Å²) in [7, 11) is 0. The van der Waals surface area contributed by atoms with Gasteiger partial charge in [0, 0.05) is 28.8 Å². The van der Waals surface area contributed by atoms with E-state index in [-0.39, 0.29) is 10.8 Å². The molecule has 0 N–H and O–H groups in total. The molecule has 4 rings (SSSR count). The maximum Gasteiger partial charge on any atom is 0.0450 e. The third kappa shape index (κ3) is 5.05. The number of nitrogens with zero attached hydrogens (tertiary/aromatic N) is 1. The van der Waals surface area contributed by atoms with Crippen molar-refractivity contribution in [3.05, 3.63) is 137 Å². The molecule has 0 bridgehead atoms. The Balaban J connectivity index is 1.58. The van der Waals surface area contributed by atoms with Crippen LogP contribution in [0.4, 0.5) is 5.69 Å². The van der Waals surface area contributed by atoms with Gasteiger partial charge in [0.2, 0.25) is 0 Å². The van der Waals surface area contributed by atoms with Crippen LogP contribution < -0.4 is 4.90 Å². The third-order valence-electron chi connectivity index (χ3n) is 7.66. The summed E-state index contributed by atoms with van der Waals surface area (Å²) in [6.07, 6.45) is 8.91. The molecule has 1 heterocycles. The fourth-order valence-corrected chi connectivity index (χ4v) is 5.38. The maximum absolute atomic E-state index is 4.46. The minimum absolute atomic E-state index is 0.0411. The molecule has 1 aliphatic heterocycles. The summed E-state index contributed by atoms with van der Waals surface area (Å²) in [6, 6.07) is 28.3. The molecule has 0 fully saturated rings. The van der Waals surface area contributed by atoms with Crippen molar-refractivity contribution in [1.29, 1.82) is 0 Å². The highest BCUT2D eigenvalue weighted by Crippen LogP contribution is 2.47. The Bertz CT molecular complexity index is 1240. The van der Waals surface area contributed by atoms with Crippen LogP contribution in [0.25, 0.3) is 0 Å². The van der Waals surface area contributed by atoms with Crippen LogP contribution >= 0.6 is 0 Å². The Morgan fingerprint density at radius 2 is 1.57 bits per heavy atom. The summed E-state index contributed by atoms with van der Waals surface area (Å²) in [6.45, 7) is 16.9. The normalized spacial score (nSPS) is 16.1. The second-order valence-electron chi connectivity index (χ2n) is 10.8. The molecule has 1 nitrogen and oxygen atoms in total. The number of anilines is 1. The smallest absolute Gasteiger partial charge is 0.0450 e. The molecular formula is C34H39N.